The molecule has 1 saturated heterocycles. The Hall–Kier alpha value is -3.08. The Kier molecular flexibility index (Phi) is 3.35. The molecule has 0 radical (unpaired) electrons. The molecule has 5 rings (SSSR count). The standard InChI is InChI=1S/C21H19N3O2/c25-20-19-11-15-14-8-4-5-9-16(14)22-18(15)12-24(19)21(26)17(23-20)10-13-6-2-1-3-7-13/h1-9,17,19,22H,10-12H2,(H,23,25)/t17-,19-/m0/s1. The van der Waals surface area contributed by atoms with E-state index in [-0.39, 0.29) is 11.8 Å². The molecule has 1 fully saturated rings. The highest BCUT2D eigenvalue weighted by atomic mass is 16.2. The molecule has 0 saturated carbocycles. The number of aromatic amines is 1. The topological polar surface area (TPSA) is 65.2 Å². The first-order chi connectivity index (χ1) is 12.7. The lowest BCUT2D eigenvalue weighted by Crippen LogP contribution is -2.65. The zero-order valence-electron chi connectivity index (χ0n) is 14.2. The molecule has 2 amide bonds. The van der Waals surface area contributed by atoms with Crippen LogP contribution in [0.3, 0.4) is 0 Å². The second-order valence-electron chi connectivity index (χ2n) is 7.06. The number of hydrogen-bond donors (Lipinski definition) is 2. The van der Waals surface area contributed by atoms with Gasteiger partial charge in [-0.15, -0.1) is 0 Å². The minimum Gasteiger partial charge on any atom is -0.357 e. The zero-order chi connectivity index (χ0) is 17.7. The number of rotatable bonds is 2. The van der Waals surface area contributed by atoms with Crippen LogP contribution in [0.15, 0.2) is 54.6 Å². The van der Waals surface area contributed by atoms with Crippen LogP contribution < -0.4 is 5.32 Å². The molecule has 0 bridgehead atoms. The third-order valence-corrected chi connectivity index (χ3v) is 5.49. The molecule has 0 spiro atoms. The largest absolute Gasteiger partial charge is 0.357 e. The number of amides is 2. The fraction of sp³-hybridized carbons (Fsp3) is 0.238. The van der Waals surface area contributed by atoms with Crippen molar-refractivity contribution in [2.24, 2.45) is 0 Å². The van der Waals surface area contributed by atoms with E-state index in [1.807, 2.05) is 48.5 Å². The number of carbonyl (C=O) groups is 2. The Labute approximate surface area is 151 Å². The van der Waals surface area contributed by atoms with Crippen LogP contribution in [0.1, 0.15) is 16.8 Å². The van der Waals surface area contributed by atoms with Crippen LogP contribution in [0.5, 0.6) is 0 Å². The number of carbonyl (C=O) groups excluding carboxylic acids is 2. The number of para-hydroxylation sites is 1. The molecule has 2 atom stereocenters. The molecular weight excluding hydrogens is 326 g/mol. The van der Waals surface area contributed by atoms with E-state index in [1.54, 1.807) is 4.90 Å². The fourth-order valence-electron chi connectivity index (χ4n) is 4.19. The molecule has 130 valence electrons. The lowest BCUT2D eigenvalue weighted by atomic mass is 9.91. The molecular formula is C21H19N3O2. The highest BCUT2D eigenvalue weighted by Crippen LogP contribution is 2.32. The molecule has 5 heteroatoms. The summed E-state index contributed by atoms with van der Waals surface area (Å²) in [5.41, 5.74) is 4.31. The number of aromatic nitrogens is 1. The van der Waals surface area contributed by atoms with E-state index in [4.69, 9.17) is 0 Å². The fourth-order valence-corrected chi connectivity index (χ4v) is 4.19. The summed E-state index contributed by atoms with van der Waals surface area (Å²) in [6.07, 6.45) is 1.09. The Morgan fingerprint density at radius 1 is 1.00 bits per heavy atom. The van der Waals surface area contributed by atoms with Crippen LogP contribution >= 0.6 is 0 Å². The number of benzene rings is 2. The molecule has 0 aliphatic carbocycles. The average molecular weight is 345 g/mol. The predicted molar refractivity (Wildman–Crippen MR) is 98.4 cm³/mol. The van der Waals surface area contributed by atoms with E-state index in [0.29, 0.717) is 19.4 Å². The first-order valence-electron chi connectivity index (χ1n) is 8.94. The van der Waals surface area contributed by atoms with Crippen molar-refractivity contribution in [3.8, 4) is 0 Å². The van der Waals surface area contributed by atoms with Crippen molar-refractivity contribution in [1.82, 2.24) is 15.2 Å². The summed E-state index contributed by atoms with van der Waals surface area (Å²) in [5.74, 6) is -0.0516. The van der Waals surface area contributed by atoms with E-state index in [2.05, 4.69) is 16.4 Å². The Morgan fingerprint density at radius 2 is 1.77 bits per heavy atom. The van der Waals surface area contributed by atoms with Gasteiger partial charge in [-0.05, 0) is 17.2 Å². The number of piperazine rings is 1. The van der Waals surface area contributed by atoms with Gasteiger partial charge < -0.3 is 15.2 Å². The van der Waals surface area contributed by atoms with Gasteiger partial charge in [-0.25, -0.2) is 0 Å². The summed E-state index contributed by atoms with van der Waals surface area (Å²) < 4.78 is 0. The number of fused-ring (bicyclic) bond motifs is 4. The molecule has 2 aliphatic rings. The van der Waals surface area contributed by atoms with E-state index in [0.717, 1.165) is 27.7 Å². The van der Waals surface area contributed by atoms with Gasteiger partial charge in [0.1, 0.15) is 12.1 Å². The van der Waals surface area contributed by atoms with Crippen molar-refractivity contribution < 1.29 is 9.59 Å². The summed E-state index contributed by atoms with van der Waals surface area (Å²) in [4.78, 5) is 30.9. The summed E-state index contributed by atoms with van der Waals surface area (Å²) >= 11 is 0. The van der Waals surface area contributed by atoms with Gasteiger partial charge in [-0.3, -0.25) is 9.59 Å². The van der Waals surface area contributed by atoms with Crippen LogP contribution in [0.2, 0.25) is 0 Å². The monoisotopic (exact) mass is 345 g/mol. The van der Waals surface area contributed by atoms with Crippen molar-refractivity contribution in [3.05, 3.63) is 71.4 Å². The van der Waals surface area contributed by atoms with Crippen LogP contribution in [-0.2, 0) is 29.0 Å². The summed E-state index contributed by atoms with van der Waals surface area (Å²) in [6.45, 7) is 0.465. The molecule has 5 nitrogen and oxygen atoms in total. The molecule has 3 heterocycles. The molecule has 1 aromatic heterocycles. The quantitative estimate of drug-likeness (QED) is 0.748. The van der Waals surface area contributed by atoms with Gasteiger partial charge >= 0.3 is 0 Å². The van der Waals surface area contributed by atoms with Crippen LogP contribution in [0, 0.1) is 0 Å². The number of H-pyrrole nitrogens is 1. The number of nitrogens with zero attached hydrogens (tertiary/aromatic N) is 1. The second-order valence-corrected chi connectivity index (χ2v) is 7.06. The smallest absolute Gasteiger partial charge is 0.246 e. The Morgan fingerprint density at radius 3 is 2.62 bits per heavy atom. The van der Waals surface area contributed by atoms with E-state index in [9.17, 15) is 9.59 Å². The van der Waals surface area contributed by atoms with Crippen LogP contribution in [0.4, 0.5) is 0 Å². The zero-order valence-corrected chi connectivity index (χ0v) is 14.2. The van der Waals surface area contributed by atoms with Gasteiger partial charge in [-0.2, -0.15) is 0 Å². The molecule has 2 N–H and O–H groups in total. The van der Waals surface area contributed by atoms with Crippen LogP contribution in [0.25, 0.3) is 10.9 Å². The van der Waals surface area contributed by atoms with Gasteiger partial charge in [-0.1, -0.05) is 48.5 Å². The second kappa shape index (κ2) is 5.73. The first kappa shape index (κ1) is 15.2. The van der Waals surface area contributed by atoms with Gasteiger partial charge in [0, 0.05) is 29.4 Å². The minimum absolute atomic E-state index is 0.00255. The Balaban J connectivity index is 1.47. The molecule has 0 unspecified atom stereocenters. The summed E-state index contributed by atoms with van der Waals surface area (Å²) in [6, 6.07) is 17.0. The highest BCUT2D eigenvalue weighted by Gasteiger charge is 2.43. The number of nitrogens with one attached hydrogen (secondary N) is 2. The van der Waals surface area contributed by atoms with E-state index in [1.165, 1.54) is 0 Å². The number of hydrogen-bond acceptors (Lipinski definition) is 2. The van der Waals surface area contributed by atoms with Gasteiger partial charge in [0.05, 0.1) is 6.54 Å². The highest BCUT2D eigenvalue weighted by molar-refractivity contribution is 5.98. The third-order valence-electron chi connectivity index (χ3n) is 5.49. The lowest BCUT2D eigenvalue weighted by Gasteiger charge is -2.41. The predicted octanol–water partition coefficient (Wildman–Crippen LogP) is 2.16. The molecule has 2 aromatic carbocycles. The maximum atomic E-state index is 13.0. The normalized spacial score (nSPS) is 22.1. The molecule has 2 aliphatic heterocycles. The summed E-state index contributed by atoms with van der Waals surface area (Å²) in [5, 5.41) is 4.09. The summed E-state index contributed by atoms with van der Waals surface area (Å²) in [7, 11) is 0. The first-order valence-corrected chi connectivity index (χ1v) is 8.94. The maximum Gasteiger partial charge on any atom is 0.246 e. The van der Waals surface area contributed by atoms with E-state index < -0.39 is 12.1 Å². The van der Waals surface area contributed by atoms with E-state index >= 15 is 0 Å². The SMILES string of the molecule is O=C1N[C@@H](Cc2ccccc2)C(=O)N2Cc3[nH]c4ccccc4c3C[C@@H]12. The minimum atomic E-state index is -0.493. The van der Waals surface area contributed by atoms with Crippen molar-refractivity contribution in [2.75, 3.05) is 0 Å². The van der Waals surface area contributed by atoms with Crippen molar-refractivity contribution in [2.45, 2.75) is 31.5 Å². The van der Waals surface area contributed by atoms with Gasteiger partial charge in [0.2, 0.25) is 11.8 Å². The van der Waals surface area contributed by atoms with Gasteiger partial charge in [0.15, 0.2) is 0 Å². The molecule has 26 heavy (non-hydrogen) atoms. The molecule has 3 aromatic rings. The third kappa shape index (κ3) is 2.31. The lowest BCUT2D eigenvalue weighted by molar-refractivity contribution is -0.150. The average Bonchev–Trinajstić information content (AvgIpc) is 3.03. The Bertz CT molecular complexity index is 1010. The van der Waals surface area contributed by atoms with Crippen molar-refractivity contribution >= 4 is 22.7 Å². The van der Waals surface area contributed by atoms with Crippen molar-refractivity contribution in [1.29, 1.82) is 0 Å². The van der Waals surface area contributed by atoms with Crippen LogP contribution in [-0.4, -0.2) is 33.8 Å². The van der Waals surface area contributed by atoms with Gasteiger partial charge in [0.25, 0.3) is 0 Å². The van der Waals surface area contributed by atoms with Crippen molar-refractivity contribution in [3.63, 3.8) is 0 Å². The maximum absolute atomic E-state index is 13.0.